The van der Waals surface area contributed by atoms with Crippen LogP contribution in [0.2, 0.25) is 0 Å². The fraction of sp³-hybridized carbons (Fsp3) is 1.00. The van der Waals surface area contributed by atoms with Gasteiger partial charge in [-0.15, -0.1) is 0 Å². The topological polar surface area (TPSA) is 55.5 Å². The van der Waals surface area contributed by atoms with E-state index in [1.807, 2.05) is 0 Å². The Morgan fingerprint density at radius 1 is 1.29 bits per heavy atom. The third-order valence-electron chi connectivity index (χ3n) is 4.57. The van der Waals surface area contributed by atoms with Crippen molar-refractivity contribution in [2.75, 3.05) is 13.2 Å². The van der Waals surface area contributed by atoms with E-state index in [0.29, 0.717) is 25.2 Å². The Kier molecular flexibility index (Phi) is 4.45. The van der Waals surface area contributed by atoms with Crippen molar-refractivity contribution in [1.82, 2.24) is 0 Å². The SMILES string of the molecule is CCC1CCCC(OCC(O)(CN)C2CC2)C1. The van der Waals surface area contributed by atoms with Crippen molar-refractivity contribution < 1.29 is 9.84 Å². The van der Waals surface area contributed by atoms with Crippen LogP contribution in [0.5, 0.6) is 0 Å². The summed E-state index contributed by atoms with van der Waals surface area (Å²) in [5.41, 5.74) is 4.94. The summed E-state index contributed by atoms with van der Waals surface area (Å²) in [5.74, 6) is 1.21. The minimum Gasteiger partial charge on any atom is -0.386 e. The minimum atomic E-state index is -0.751. The van der Waals surface area contributed by atoms with Crippen molar-refractivity contribution in [1.29, 1.82) is 0 Å². The maximum Gasteiger partial charge on any atom is 0.103 e. The van der Waals surface area contributed by atoms with Gasteiger partial charge in [-0.2, -0.15) is 0 Å². The molecule has 0 aromatic rings. The molecule has 3 atom stereocenters. The molecule has 2 saturated carbocycles. The van der Waals surface area contributed by atoms with Crippen LogP contribution < -0.4 is 5.73 Å². The molecular formula is C14H27NO2. The molecule has 0 amide bonds. The van der Waals surface area contributed by atoms with Gasteiger partial charge in [-0.05, 0) is 37.5 Å². The first kappa shape index (κ1) is 13.3. The Morgan fingerprint density at radius 2 is 2.06 bits per heavy atom. The molecule has 0 aromatic carbocycles. The maximum atomic E-state index is 10.4. The predicted molar refractivity (Wildman–Crippen MR) is 68.7 cm³/mol. The van der Waals surface area contributed by atoms with Crippen LogP contribution in [-0.4, -0.2) is 30.0 Å². The molecule has 2 rings (SSSR count). The summed E-state index contributed by atoms with van der Waals surface area (Å²) < 4.78 is 5.94. The van der Waals surface area contributed by atoms with Crippen LogP contribution in [0.1, 0.15) is 51.9 Å². The predicted octanol–water partition coefficient (Wildman–Crippen LogP) is 2.07. The lowest BCUT2D eigenvalue weighted by Crippen LogP contribution is -2.45. The molecule has 0 bridgehead atoms. The zero-order chi connectivity index (χ0) is 12.3. The third kappa shape index (κ3) is 3.43. The van der Waals surface area contributed by atoms with E-state index >= 15 is 0 Å². The molecule has 0 aromatic heterocycles. The van der Waals surface area contributed by atoms with Gasteiger partial charge in [0.15, 0.2) is 0 Å². The van der Waals surface area contributed by atoms with E-state index in [9.17, 15) is 5.11 Å². The molecule has 3 heteroatoms. The molecule has 2 aliphatic rings. The van der Waals surface area contributed by atoms with Gasteiger partial charge in [-0.1, -0.05) is 26.2 Å². The van der Waals surface area contributed by atoms with Gasteiger partial charge in [0.1, 0.15) is 5.60 Å². The van der Waals surface area contributed by atoms with Crippen molar-refractivity contribution in [3.63, 3.8) is 0 Å². The van der Waals surface area contributed by atoms with Crippen molar-refractivity contribution in [3.05, 3.63) is 0 Å². The molecule has 3 N–H and O–H groups in total. The lowest BCUT2D eigenvalue weighted by molar-refractivity contribution is -0.0916. The Morgan fingerprint density at radius 3 is 2.65 bits per heavy atom. The largest absolute Gasteiger partial charge is 0.386 e. The molecule has 2 aliphatic carbocycles. The lowest BCUT2D eigenvalue weighted by atomic mass is 9.85. The van der Waals surface area contributed by atoms with Gasteiger partial charge < -0.3 is 15.6 Å². The van der Waals surface area contributed by atoms with Crippen LogP contribution >= 0.6 is 0 Å². The van der Waals surface area contributed by atoms with Crippen molar-refractivity contribution in [2.45, 2.75) is 63.6 Å². The van der Waals surface area contributed by atoms with Crippen LogP contribution in [0.4, 0.5) is 0 Å². The minimum absolute atomic E-state index is 0.335. The smallest absolute Gasteiger partial charge is 0.103 e. The second-order valence-electron chi connectivity index (χ2n) is 5.96. The fourth-order valence-electron chi connectivity index (χ4n) is 2.99. The zero-order valence-corrected chi connectivity index (χ0v) is 11.0. The van der Waals surface area contributed by atoms with Crippen LogP contribution in [0.3, 0.4) is 0 Å². The van der Waals surface area contributed by atoms with Crippen LogP contribution in [-0.2, 0) is 4.74 Å². The summed E-state index contributed by atoms with van der Waals surface area (Å²) in [5, 5.41) is 10.4. The van der Waals surface area contributed by atoms with Gasteiger partial charge in [-0.25, -0.2) is 0 Å². The quantitative estimate of drug-likeness (QED) is 0.748. The van der Waals surface area contributed by atoms with Gasteiger partial charge >= 0.3 is 0 Å². The molecule has 0 heterocycles. The van der Waals surface area contributed by atoms with E-state index in [1.165, 1.54) is 25.7 Å². The number of ether oxygens (including phenoxy) is 1. The van der Waals surface area contributed by atoms with E-state index < -0.39 is 5.60 Å². The normalized spacial score (nSPS) is 33.4. The Bertz CT molecular complexity index is 242. The van der Waals surface area contributed by atoms with Crippen LogP contribution in [0.15, 0.2) is 0 Å². The Balaban J connectivity index is 1.76. The summed E-state index contributed by atoms with van der Waals surface area (Å²) in [4.78, 5) is 0. The summed E-state index contributed by atoms with van der Waals surface area (Å²) >= 11 is 0. The summed E-state index contributed by atoms with van der Waals surface area (Å²) in [7, 11) is 0. The van der Waals surface area contributed by atoms with E-state index in [-0.39, 0.29) is 0 Å². The van der Waals surface area contributed by atoms with E-state index in [1.54, 1.807) is 0 Å². The third-order valence-corrected chi connectivity index (χ3v) is 4.57. The molecule has 0 aliphatic heterocycles. The number of hydrogen-bond donors (Lipinski definition) is 2. The average Bonchev–Trinajstić information content (AvgIpc) is 3.21. The molecule has 0 saturated heterocycles. The van der Waals surface area contributed by atoms with Crippen LogP contribution in [0.25, 0.3) is 0 Å². The van der Waals surface area contributed by atoms with E-state index in [0.717, 1.165) is 25.2 Å². The molecule has 0 radical (unpaired) electrons. The van der Waals surface area contributed by atoms with Crippen molar-refractivity contribution in [2.24, 2.45) is 17.6 Å². The van der Waals surface area contributed by atoms with E-state index in [2.05, 4.69) is 6.92 Å². The van der Waals surface area contributed by atoms with Crippen molar-refractivity contribution in [3.8, 4) is 0 Å². The standard InChI is InChI=1S/C14H27NO2/c1-2-11-4-3-5-13(8-11)17-10-14(16,9-15)12-6-7-12/h11-13,16H,2-10,15H2,1H3. The highest BCUT2D eigenvalue weighted by Crippen LogP contribution is 2.40. The van der Waals surface area contributed by atoms with Crippen molar-refractivity contribution >= 4 is 0 Å². The number of nitrogens with two attached hydrogens (primary N) is 1. The summed E-state index contributed by atoms with van der Waals surface area (Å²) in [6, 6.07) is 0. The molecule has 100 valence electrons. The molecule has 17 heavy (non-hydrogen) atoms. The first-order valence-electron chi connectivity index (χ1n) is 7.22. The Hall–Kier alpha value is -0.120. The van der Waals surface area contributed by atoms with Gasteiger partial charge in [0, 0.05) is 6.54 Å². The highest BCUT2D eigenvalue weighted by atomic mass is 16.5. The van der Waals surface area contributed by atoms with Gasteiger partial charge in [-0.3, -0.25) is 0 Å². The van der Waals surface area contributed by atoms with Gasteiger partial charge in [0.05, 0.1) is 12.7 Å². The Labute approximate surface area is 105 Å². The van der Waals surface area contributed by atoms with E-state index in [4.69, 9.17) is 10.5 Å². The highest BCUT2D eigenvalue weighted by Gasteiger charge is 2.43. The number of hydrogen-bond acceptors (Lipinski definition) is 3. The monoisotopic (exact) mass is 241 g/mol. The molecule has 3 nitrogen and oxygen atoms in total. The highest BCUT2D eigenvalue weighted by molar-refractivity contribution is 4.95. The molecule has 0 spiro atoms. The second-order valence-corrected chi connectivity index (χ2v) is 5.96. The first-order valence-corrected chi connectivity index (χ1v) is 7.22. The van der Waals surface area contributed by atoms with Gasteiger partial charge in [0.2, 0.25) is 0 Å². The zero-order valence-electron chi connectivity index (χ0n) is 11.0. The number of aliphatic hydroxyl groups is 1. The maximum absolute atomic E-state index is 10.4. The fourth-order valence-corrected chi connectivity index (χ4v) is 2.99. The lowest BCUT2D eigenvalue weighted by Gasteiger charge is -2.33. The summed E-state index contributed by atoms with van der Waals surface area (Å²) in [6.45, 7) is 3.03. The molecule has 3 unspecified atom stereocenters. The summed E-state index contributed by atoms with van der Waals surface area (Å²) in [6.07, 6.45) is 8.77. The van der Waals surface area contributed by atoms with Gasteiger partial charge in [0.25, 0.3) is 0 Å². The number of rotatable bonds is 6. The molecule has 2 fully saturated rings. The average molecular weight is 241 g/mol. The van der Waals surface area contributed by atoms with Crippen LogP contribution in [0, 0.1) is 11.8 Å². The molecular weight excluding hydrogens is 214 g/mol. The first-order chi connectivity index (χ1) is 8.18. The second kappa shape index (κ2) is 5.68.